The van der Waals surface area contributed by atoms with Gasteiger partial charge in [-0.3, -0.25) is 0 Å². The van der Waals surface area contributed by atoms with Crippen molar-refractivity contribution in [2.75, 3.05) is 7.05 Å². The van der Waals surface area contributed by atoms with Crippen molar-refractivity contribution in [1.82, 2.24) is 10.3 Å². The van der Waals surface area contributed by atoms with Crippen LogP contribution >= 0.6 is 11.6 Å². The van der Waals surface area contributed by atoms with Crippen LogP contribution in [0.2, 0.25) is 5.02 Å². The van der Waals surface area contributed by atoms with Gasteiger partial charge in [0.15, 0.2) is 0 Å². The molecule has 1 aromatic carbocycles. The molecule has 3 nitrogen and oxygen atoms in total. The summed E-state index contributed by atoms with van der Waals surface area (Å²) >= 11 is 5.91. The van der Waals surface area contributed by atoms with E-state index < -0.39 is 0 Å². The molecule has 0 amide bonds. The average Bonchev–Trinajstić information content (AvgIpc) is 2.77. The van der Waals surface area contributed by atoms with Crippen LogP contribution in [0.15, 0.2) is 34.9 Å². The fourth-order valence-electron chi connectivity index (χ4n) is 1.38. The van der Waals surface area contributed by atoms with Crippen LogP contribution in [0.3, 0.4) is 0 Å². The maximum atomic E-state index is 5.91. The van der Waals surface area contributed by atoms with Gasteiger partial charge >= 0.3 is 0 Å². The smallest absolute Gasteiger partial charge is 0.226 e. The van der Waals surface area contributed by atoms with E-state index in [0.29, 0.717) is 10.9 Å². The zero-order valence-electron chi connectivity index (χ0n) is 9.20. The summed E-state index contributed by atoms with van der Waals surface area (Å²) in [4.78, 5) is 4.23. The fraction of sp³-hybridized carbons (Fsp3) is 0.250. The Morgan fingerprint density at radius 3 is 2.94 bits per heavy atom. The first-order valence-corrected chi connectivity index (χ1v) is 5.47. The first-order valence-electron chi connectivity index (χ1n) is 5.09. The van der Waals surface area contributed by atoms with E-state index in [1.54, 1.807) is 6.20 Å². The van der Waals surface area contributed by atoms with Crippen LogP contribution < -0.4 is 5.32 Å². The lowest BCUT2D eigenvalue weighted by molar-refractivity contribution is 0.456. The summed E-state index contributed by atoms with van der Waals surface area (Å²) in [6, 6.07) is 7.61. The van der Waals surface area contributed by atoms with Gasteiger partial charge in [-0.15, -0.1) is 0 Å². The molecular formula is C12H13ClN2O. The minimum atomic E-state index is 0.153. The molecule has 0 fully saturated rings. The molecule has 0 aliphatic rings. The topological polar surface area (TPSA) is 38.1 Å². The molecule has 0 aliphatic heterocycles. The molecule has 1 aromatic heterocycles. The Kier molecular flexibility index (Phi) is 3.27. The second kappa shape index (κ2) is 4.68. The van der Waals surface area contributed by atoms with Gasteiger partial charge in [0, 0.05) is 10.6 Å². The summed E-state index contributed by atoms with van der Waals surface area (Å²) in [6.45, 7) is 2.02. The van der Waals surface area contributed by atoms with Crippen molar-refractivity contribution < 1.29 is 4.42 Å². The highest BCUT2D eigenvalue weighted by Crippen LogP contribution is 2.24. The molecule has 0 aliphatic carbocycles. The number of hydrogen-bond acceptors (Lipinski definition) is 3. The van der Waals surface area contributed by atoms with Gasteiger partial charge in [0.05, 0.1) is 12.2 Å². The van der Waals surface area contributed by atoms with Crippen molar-refractivity contribution in [2.24, 2.45) is 0 Å². The molecule has 0 spiro atoms. The van der Waals surface area contributed by atoms with Crippen molar-refractivity contribution in [3.8, 4) is 11.5 Å². The van der Waals surface area contributed by atoms with Gasteiger partial charge < -0.3 is 9.73 Å². The third-order valence-corrected chi connectivity index (χ3v) is 2.69. The third kappa shape index (κ3) is 2.26. The van der Waals surface area contributed by atoms with E-state index in [1.807, 2.05) is 38.2 Å². The monoisotopic (exact) mass is 236 g/mol. The lowest BCUT2D eigenvalue weighted by Gasteiger charge is -2.04. The Bertz CT molecular complexity index is 481. The molecule has 16 heavy (non-hydrogen) atoms. The van der Waals surface area contributed by atoms with Crippen LogP contribution in [0.25, 0.3) is 11.5 Å². The Balaban J connectivity index is 2.31. The van der Waals surface area contributed by atoms with Crippen molar-refractivity contribution in [3.63, 3.8) is 0 Å². The Labute approximate surface area is 99.5 Å². The summed E-state index contributed by atoms with van der Waals surface area (Å²) in [6.07, 6.45) is 1.73. The number of oxazole rings is 1. The van der Waals surface area contributed by atoms with E-state index in [-0.39, 0.29) is 6.04 Å². The largest absolute Gasteiger partial charge is 0.440 e. The zero-order valence-corrected chi connectivity index (χ0v) is 9.95. The molecule has 1 unspecified atom stereocenters. The van der Waals surface area contributed by atoms with Crippen molar-refractivity contribution >= 4 is 11.6 Å². The lowest BCUT2D eigenvalue weighted by Crippen LogP contribution is -2.11. The quantitative estimate of drug-likeness (QED) is 0.889. The highest BCUT2D eigenvalue weighted by molar-refractivity contribution is 6.30. The third-order valence-electron chi connectivity index (χ3n) is 2.45. The van der Waals surface area contributed by atoms with E-state index in [2.05, 4.69) is 10.3 Å². The first kappa shape index (κ1) is 11.2. The molecule has 4 heteroatoms. The van der Waals surface area contributed by atoms with Gasteiger partial charge in [-0.05, 0) is 32.2 Å². The highest BCUT2D eigenvalue weighted by Gasteiger charge is 2.11. The second-order valence-corrected chi connectivity index (χ2v) is 4.02. The fourth-order valence-corrected chi connectivity index (χ4v) is 1.57. The van der Waals surface area contributed by atoms with Crippen LogP contribution in [-0.4, -0.2) is 12.0 Å². The SMILES string of the molecule is CNC(C)c1cnc(-c2cccc(Cl)c2)o1. The van der Waals surface area contributed by atoms with Gasteiger partial charge in [0.1, 0.15) is 5.76 Å². The number of rotatable bonds is 3. The summed E-state index contributed by atoms with van der Waals surface area (Å²) in [5, 5.41) is 3.78. The molecule has 1 heterocycles. The molecular weight excluding hydrogens is 224 g/mol. The molecule has 84 valence electrons. The molecule has 0 bridgehead atoms. The zero-order chi connectivity index (χ0) is 11.5. The molecule has 1 atom stereocenters. The standard InChI is InChI=1S/C12H13ClN2O/c1-8(14-2)11-7-15-12(16-11)9-4-3-5-10(13)6-9/h3-8,14H,1-2H3. The predicted molar refractivity (Wildman–Crippen MR) is 64.4 cm³/mol. The Hall–Kier alpha value is -1.32. The number of halogens is 1. The molecule has 1 N–H and O–H groups in total. The van der Waals surface area contributed by atoms with Crippen LogP contribution in [0, 0.1) is 0 Å². The van der Waals surface area contributed by atoms with E-state index in [1.165, 1.54) is 0 Å². The van der Waals surface area contributed by atoms with Crippen LogP contribution in [-0.2, 0) is 0 Å². The summed E-state index contributed by atoms with van der Waals surface area (Å²) in [5.41, 5.74) is 0.891. The predicted octanol–water partition coefficient (Wildman–Crippen LogP) is 3.28. The molecule has 0 radical (unpaired) electrons. The average molecular weight is 237 g/mol. The van der Waals surface area contributed by atoms with E-state index in [4.69, 9.17) is 16.0 Å². The van der Waals surface area contributed by atoms with Crippen molar-refractivity contribution in [3.05, 3.63) is 41.2 Å². The normalized spacial score (nSPS) is 12.7. The molecule has 0 saturated carbocycles. The van der Waals surface area contributed by atoms with E-state index >= 15 is 0 Å². The maximum absolute atomic E-state index is 5.91. The van der Waals surface area contributed by atoms with E-state index in [0.717, 1.165) is 11.3 Å². The highest BCUT2D eigenvalue weighted by atomic mass is 35.5. The van der Waals surface area contributed by atoms with Crippen molar-refractivity contribution in [1.29, 1.82) is 0 Å². The minimum absolute atomic E-state index is 0.153. The van der Waals surface area contributed by atoms with Crippen LogP contribution in [0.1, 0.15) is 18.7 Å². The summed E-state index contributed by atoms with van der Waals surface area (Å²) in [5.74, 6) is 1.41. The minimum Gasteiger partial charge on any atom is -0.440 e. The van der Waals surface area contributed by atoms with Gasteiger partial charge in [-0.25, -0.2) is 4.98 Å². The lowest BCUT2D eigenvalue weighted by atomic mass is 10.2. The van der Waals surface area contributed by atoms with Gasteiger partial charge in [0.2, 0.25) is 5.89 Å². The summed E-state index contributed by atoms with van der Waals surface area (Å²) < 4.78 is 5.65. The van der Waals surface area contributed by atoms with E-state index in [9.17, 15) is 0 Å². The second-order valence-electron chi connectivity index (χ2n) is 3.59. The van der Waals surface area contributed by atoms with Gasteiger partial charge in [-0.1, -0.05) is 17.7 Å². The number of nitrogens with zero attached hydrogens (tertiary/aromatic N) is 1. The van der Waals surface area contributed by atoms with Crippen molar-refractivity contribution in [2.45, 2.75) is 13.0 Å². The number of aromatic nitrogens is 1. The Morgan fingerprint density at radius 2 is 2.25 bits per heavy atom. The maximum Gasteiger partial charge on any atom is 0.226 e. The Morgan fingerprint density at radius 1 is 1.44 bits per heavy atom. The first-order chi connectivity index (χ1) is 7.70. The van der Waals surface area contributed by atoms with Gasteiger partial charge in [-0.2, -0.15) is 0 Å². The molecule has 2 aromatic rings. The summed E-state index contributed by atoms with van der Waals surface area (Å²) in [7, 11) is 1.88. The number of hydrogen-bond donors (Lipinski definition) is 1. The molecule has 2 rings (SSSR count). The number of nitrogens with one attached hydrogen (secondary N) is 1. The van der Waals surface area contributed by atoms with Gasteiger partial charge in [0.25, 0.3) is 0 Å². The van der Waals surface area contributed by atoms with Crippen LogP contribution in [0.4, 0.5) is 0 Å². The van der Waals surface area contributed by atoms with Crippen LogP contribution in [0.5, 0.6) is 0 Å². The number of benzene rings is 1. The molecule has 0 saturated heterocycles.